The highest BCUT2D eigenvalue weighted by Crippen LogP contribution is 2.30. The molecule has 0 unspecified atom stereocenters. The molecule has 0 saturated carbocycles. The van der Waals surface area contributed by atoms with Gasteiger partial charge in [0.05, 0.1) is 4.92 Å². The second kappa shape index (κ2) is 7.36. The molecular weight excluding hydrogens is 273 g/mol. The normalized spacial score (nSPS) is 15.9. The summed E-state index contributed by atoms with van der Waals surface area (Å²) in [6.07, 6.45) is 2.99. The molecule has 0 atom stereocenters. The Bertz CT molecular complexity index is 490. The first-order valence-electron chi connectivity index (χ1n) is 7.51. The molecule has 0 amide bonds. The fourth-order valence-corrected chi connectivity index (χ4v) is 2.86. The van der Waals surface area contributed by atoms with Gasteiger partial charge in [0.1, 0.15) is 11.5 Å². The summed E-state index contributed by atoms with van der Waals surface area (Å²) >= 11 is 0. The van der Waals surface area contributed by atoms with E-state index in [9.17, 15) is 14.5 Å². The van der Waals surface area contributed by atoms with Gasteiger partial charge in [0.25, 0.3) is 5.69 Å². The third-order valence-corrected chi connectivity index (χ3v) is 3.91. The van der Waals surface area contributed by atoms with Crippen molar-refractivity contribution in [1.82, 2.24) is 5.32 Å². The molecule has 1 aromatic carbocycles. The minimum Gasteiger partial charge on any atom is -0.366 e. The molecule has 116 valence electrons. The average molecular weight is 295 g/mol. The maximum absolute atomic E-state index is 13.5. The van der Waals surface area contributed by atoms with E-state index in [2.05, 4.69) is 5.32 Å². The Labute approximate surface area is 124 Å². The van der Waals surface area contributed by atoms with Crippen molar-refractivity contribution in [3.8, 4) is 0 Å². The minimum atomic E-state index is -0.431. The molecule has 1 N–H and O–H groups in total. The van der Waals surface area contributed by atoms with E-state index >= 15 is 0 Å². The summed E-state index contributed by atoms with van der Waals surface area (Å²) in [5.74, 6) is 0.0719. The molecule has 1 aromatic rings. The molecule has 1 heterocycles. The Hall–Kier alpha value is -1.69. The van der Waals surface area contributed by atoms with Crippen LogP contribution in [0, 0.1) is 21.8 Å². The third-order valence-electron chi connectivity index (χ3n) is 3.91. The van der Waals surface area contributed by atoms with Crippen LogP contribution in [0.3, 0.4) is 0 Å². The van der Waals surface area contributed by atoms with Gasteiger partial charge in [-0.2, -0.15) is 0 Å². The van der Waals surface area contributed by atoms with Gasteiger partial charge in [0.15, 0.2) is 0 Å². The van der Waals surface area contributed by atoms with Crippen LogP contribution in [-0.4, -0.2) is 31.1 Å². The van der Waals surface area contributed by atoms with Gasteiger partial charge in [0, 0.05) is 25.2 Å². The van der Waals surface area contributed by atoms with E-state index in [4.69, 9.17) is 0 Å². The monoisotopic (exact) mass is 295 g/mol. The molecule has 0 radical (unpaired) electrons. The van der Waals surface area contributed by atoms with Gasteiger partial charge < -0.3 is 10.2 Å². The number of nitrogens with zero attached hydrogens (tertiary/aromatic N) is 2. The van der Waals surface area contributed by atoms with Gasteiger partial charge in [-0.15, -0.1) is 0 Å². The van der Waals surface area contributed by atoms with Crippen LogP contribution in [0.2, 0.25) is 0 Å². The minimum absolute atomic E-state index is 0.0150. The van der Waals surface area contributed by atoms with Crippen LogP contribution in [0.25, 0.3) is 0 Å². The lowest BCUT2D eigenvalue weighted by atomic mass is 9.97. The van der Waals surface area contributed by atoms with Gasteiger partial charge in [-0.25, -0.2) is 4.39 Å². The molecular formula is C15H22FN3O2. The van der Waals surface area contributed by atoms with Crippen LogP contribution in [0.1, 0.15) is 26.2 Å². The summed E-state index contributed by atoms with van der Waals surface area (Å²) in [5, 5.41) is 14.5. The van der Waals surface area contributed by atoms with Gasteiger partial charge in [-0.1, -0.05) is 6.92 Å². The van der Waals surface area contributed by atoms with Crippen LogP contribution in [0.15, 0.2) is 18.2 Å². The van der Waals surface area contributed by atoms with Crippen molar-refractivity contribution in [2.45, 2.75) is 26.2 Å². The fraction of sp³-hybridized carbons (Fsp3) is 0.600. The average Bonchev–Trinajstić information content (AvgIpc) is 2.47. The highest BCUT2D eigenvalue weighted by atomic mass is 19.1. The quantitative estimate of drug-likeness (QED) is 0.647. The smallest absolute Gasteiger partial charge is 0.292 e. The lowest BCUT2D eigenvalue weighted by Crippen LogP contribution is -2.37. The summed E-state index contributed by atoms with van der Waals surface area (Å²) in [6.45, 7) is 5.44. The number of hydrogen-bond acceptors (Lipinski definition) is 4. The molecule has 0 aliphatic carbocycles. The second-order valence-electron chi connectivity index (χ2n) is 5.53. The predicted molar refractivity (Wildman–Crippen MR) is 81.2 cm³/mol. The zero-order chi connectivity index (χ0) is 15.2. The first-order chi connectivity index (χ1) is 10.1. The summed E-state index contributed by atoms with van der Waals surface area (Å²) in [7, 11) is 0. The number of benzene rings is 1. The maximum atomic E-state index is 13.5. The standard InChI is InChI=1S/C15H22FN3O2/c1-2-9-18(11-12-5-7-17-8-6-12)15-10-13(16)3-4-14(15)19(20)21/h3-4,10,12,17H,2,5-9,11H2,1H3. The maximum Gasteiger partial charge on any atom is 0.292 e. The second-order valence-corrected chi connectivity index (χ2v) is 5.53. The van der Waals surface area contributed by atoms with Crippen LogP contribution in [-0.2, 0) is 0 Å². The van der Waals surface area contributed by atoms with E-state index in [0.717, 1.165) is 45.0 Å². The van der Waals surface area contributed by atoms with E-state index in [1.165, 1.54) is 12.1 Å². The number of nitro groups is 1. The number of nitrogens with one attached hydrogen (secondary N) is 1. The van der Waals surface area contributed by atoms with E-state index in [-0.39, 0.29) is 5.69 Å². The van der Waals surface area contributed by atoms with Crippen LogP contribution in [0.4, 0.5) is 15.8 Å². The first-order valence-corrected chi connectivity index (χ1v) is 7.51. The molecule has 0 spiro atoms. The van der Waals surface area contributed by atoms with Crippen LogP contribution in [0.5, 0.6) is 0 Å². The van der Waals surface area contributed by atoms with Crippen molar-refractivity contribution < 1.29 is 9.31 Å². The third kappa shape index (κ3) is 4.14. The lowest BCUT2D eigenvalue weighted by molar-refractivity contribution is -0.384. The van der Waals surface area contributed by atoms with Gasteiger partial charge >= 0.3 is 0 Å². The molecule has 1 fully saturated rings. The van der Waals surface area contributed by atoms with Crippen LogP contribution >= 0.6 is 0 Å². The number of hydrogen-bond donors (Lipinski definition) is 1. The molecule has 21 heavy (non-hydrogen) atoms. The molecule has 6 heteroatoms. The van der Waals surface area contributed by atoms with Crippen molar-refractivity contribution in [3.05, 3.63) is 34.1 Å². The van der Waals surface area contributed by atoms with E-state index in [1.54, 1.807) is 0 Å². The van der Waals surface area contributed by atoms with E-state index in [1.807, 2.05) is 11.8 Å². The van der Waals surface area contributed by atoms with Crippen molar-refractivity contribution in [3.63, 3.8) is 0 Å². The Morgan fingerprint density at radius 2 is 2.14 bits per heavy atom. The fourth-order valence-electron chi connectivity index (χ4n) is 2.86. The zero-order valence-corrected chi connectivity index (χ0v) is 12.3. The molecule has 0 aromatic heterocycles. The zero-order valence-electron chi connectivity index (χ0n) is 12.3. The number of nitro benzene ring substituents is 1. The van der Waals surface area contributed by atoms with Gasteiger partial charge in [-0.05, 0) is 44.3 Å². The Morgan fingerprint density at radius 3 is 2.76 bits per heavy atom. The molecule has 5 nitrogen and oxygen atoms in total. The summed E-state index contributed by atoms with van der Waals surface area (Å²) in [5.41, 5.74) is 0.388. The largest absolute Gasteiger partial charge is 0.366 e. The number of halogens is 1. The number of rotatable bonds is 6. The SMILES string of the molecule is CCCN(CC1CCNCC1)c1cc(F)ccc1[N+](=O)[O-]. The topological polar surface area (TPSA) is 58.4 Å². The van der Waals surface area contributed by atoms with E-state index < -0.39 is 10.7 Å². The van der Waals surface area contributed by atoms with Crippen molar-refractivity contribution in [2.75, 3.05) is 31.1 Å². The molecule has 1 saturated heterocycles. The van der Waals surface area contributed by atoms with Crippen LogP contribution < -0.4 is 10.2 Å². The predicted octanol–water partition coefficient (Wildman–Crippen LogP) is 2.95. The Balaban J connectivity index is 2.23. The first kappa shape index (κ1) is 15.7. The summed E-state index contributed by atoms with van der Waals surface area (Å²) in [6, 6.07) is 3.70. The van der Waals surface area contributed by atoms with Gasteiger partial charge in [0.2, 0.25) is 0 Å². The van der Waals surface area contributed by atoms with Crippen molar-refractivity contribution >= 4 is 11.4 Å². The molecule has 1 aliphatic heterocycles. The Morgan fingerprint density at radius 1 is 1.43 bits per heavy atom. The highest BCUT2D eigenvalue weighted by molar-refractivity contribution is 5.63. The number of piperidine rings is 1. The molecule has 1 aliphatic rings. The summed E-state index contributed by atoms with van der Waals surface area (Å²) < 4.78 is 13.5. The molecule has 0 bridgehead atoms. The molecule has 2 rings (SSSR count). The highest BCUT2D eigenvalue weighted by Gasteiger charge is 2.23. The van der Waals surface area contributed by atoms with Gasteiger partial charge in [-0.3, -0.25) is 10.1 Å². The van der Waals surface area contributed by atoms with Crippen molar-refractivity contribution in [2.24, 2.45) is 5.92 Å². The van der Waals surface area contributed by atoms with Crippen molar-refractivity contribution in [1.29, 1.82) is 0 Å². The Kier molecular flexibility index (Phi) is 5.50. The van der Waals surface area contributed by atoms with E-state index in [0.29, 0.717) is 18.2 Å². The lowest BCUT2D eigenvalue weighted by Gasteiger charge is -2.31. The summed E-state index contributed by atoms with van der Waals surface area (Å²) in [4.78, 5) is 12.7. The number of anilines is 1.